The van der Waals surface area contributed by atoms with E-state index in [4.69, 9.17) is 4.42 Å². The van der Waals surface area contributed by atoms with Crippen LogP contribution >= 0.6 is 0 Å². The molecule has 1 aromatic heterocycles. The Bertz CT molecular complexity index is 378. The fourth-order valence-electron chi connectivity index (χ4n) is 2.03. The van der Waals surface area contributed by atoms with Gasteiger partial charge in [-0.1, -0.05) is 0 Å². The number of carbonyl (C=O) groups is 1. The number of nitrogens with one attached hydrogen (secondary N) is 2. The van der Waals surface area contributed by atoms with Crippen molar-refractivity contribution in [1.82, 2.24) is 10.6 Å². The van der Waals surface area contributed by atoms with Gasteiger partial charge in [0.1, 0.15) is 5.76 Å². The first-order valence-corrected chi connectivity index (χ1v) is 5.69. The van der Waals surface area contributed by atoms with Crippen molar-refractivity contribution in [2.45, 2.75) is 32.2 Å². The molecule has 1 atom stereocenters. The molecule has 1 amide bonds. The van der Waals surface area contributed by atoms with Crippen LogP contribution in [0, 0.1) is 6.92 Å². The minimum absolute atomic E-state index is 0.0390. The smallest absolute Gasteiger partial charge is 0.287 e. The fourth-order valence-corrected chi connectivity index (χ4v) is 2.03. The molecule has 2 N–H and O–H groups in total. The highest BCUT2D eigenvalue weighted by molar-refractivity contribution is 5.91. The molecule has 0 bridgehead atoms. The molecule has 1 fully saturated rings. The molecule has 4 heteroatoms. The van der Waals surface area contributed by atoms with Crippen LogP contribution in [0.2, 0.25) is 0 Å². The van der Waals surface area contributed by atoms with E-state index in [0.29, 0.717) is 12.3 Å². The molecule has 0 aliphatic carbocycles. The number of hydrogen-bond acceptors (Lipinski definition) is 3. The molecule has 2 heterocycles. The minimum Gasteiger partial charge on any atom is -0.456 e. The Morgan fingerprint density at radius 3 is 3.00 bits per heavy atom. The van der Waals surface area contributed by atoms with E-state index in [9.17, 15) is 4.79 Å². The first kappa shape index (κ1) is 11.2. The van der Waals surface area contributed by atoms with E-state index in [2.05, 4.69) is 17.6 Å². The summed E-state index contributed by atoms with van der Waals surface area (Å²) in [7, 11) is 0. The molecular weight excluding hydrogens is 204 g/mol. The van der Waals surface area contributed by atoms with E-state index < -0.39 is 0 Å². The van der Waals surface area contributed by atoms with E-state index in [-0.39, 0.29) is 11.4 Å². The molecule has 1 aliphatic heterocycles. The molecule has 4 nitrogen and oxygen atoms in total. The Labute approximate surface area is 95.4 Å². The van der Waals surface area contributed by atoms with Crippen molar-refractivity contribution in [2.75, 3.05) is 13.1 Å². The predicted octanol–water partition coefficient (Wildman–Crippen LogP) is 1.46. The van der Waals surface area contributed by atoms with E-state index in [0.717, 1.165) is 18.7 Å². The molecule has 16 heavy (non-hydrogen) atoms. The second kappa shape index (κ2) is 4.29. The van der Waals surface area contributed by atoms with E-state index in [1.54, 1.807) is 12.1 Å². The van der Waals surface area contributed by atoms with Crippen LogP contribution in [0.3, 0.4) is 0 Å². The summed E-state index contributed by atoms with van der Waals surface area (Å²) < 4.78 is 5.26. The lowest BCUT2D eigenvalue weighted by atomic mass is 10.0. The van der Waals surface area contributed by atoms with Gasteiger partial charge in [0.2, 0.25) is 0 Å². The third-order valence-corrected chi connectivity index (χ3v) is 3.06. The van der Waals surface area contributed by atoms with Crippen LogP contribution in [0.15, 0.2) is 16.5 Å². The van der Waals surface area contributed by atoms with Gasteiger partial charge in [-0.15, -0.1) is 0 Å². The van der Waals surface area contributed by atoms with Crippen LogP contribution in [0.4, 0.5) is 0 Å². The summed E-state index contributed by atoms with van der Waals surface area (Å²) in [5, 5.41) is 6.30. The van der Waals surface area contributed by atoms with Gasteiger partial charge in [0.25, 0.3) is 5.91 Å². The van der Waals surface area contributed by atoms with Gasteiger partial charge in [0.15, 0.2) is 5.76 Å². The lowest BCUT2D eigenvalue weighted by molar-refractivity contribution is 0.0913. The van der Waals surface area contributed by atoms with Gasteiger partial charge in [0, 0.05) is 12.1 Å². The van der Waals surface area contributed by atoms with Crippen molar-refractivity contribution >= 4 is 5.91 Å². The number of amides is 1. The first-order chi connectivity index (χ1) is 7.59. The molecule has 2 rings (SSSR count). The molecule has 1 aromatic rings. The van der Waals surface area contributed by atoms with E-state index >= 15 is 0 Å². The fraction of sp³-hybridized carbons (Fsp3) is 0.583. The second-order valence-electron chi connectivity index (χ2n) is 4.68. The molecule has 0 saturated carbocycles. The van der Waals surface area contributed by atoms with Crippen LogP contribution < -0.4 is 10.6 Å². The largest absolute Gasteiger partial charge is 0.456 e. The Morgan fingerprint density at radius 1 is 1.62 bits per heavy atom. The third kappa shape index (κ3) is 2.44. The summed E-state index contributed by atoms with van der Waals surface area (Å²) in [5.41, 5.74) is 0.0390. The Morgan fingerprint density at radius 2 is 2.44 bits per heavy atom. The summed E-state index contributed by atoms with van der Waals surface area (Å²) in [5.74, 6) is 1.01. The highest BCUT2D eigenvalue weighted by Crippen LogP contribution is 2.17. The van der Waals surface area contributed by atoms with E-state index in [1.807, 2.05) is 6.92 Å². The van der Waals surface area contributed by atoms with Crippen LogP contribution in [-0.2, 0) is 0 Å². The van der Waals surface area contributed by atoms with Gasteiger partial charge in [-0.25, -0.2) is 0 Å². The third-order valence-electron chi connectivity index (χ3n) is 3.06. The average molecular weight is 222 g/mol. The Balaban J connectivity index is 1.88. The monoisotopic (exact) mass is 222 g/mol. The maximum Gasteiger partial charge on any atom is 0.287 e. The summed E-state index contributed by atoms with van der Waals surface area (Å²) in [6, 6.07) is 3.50. The van der Waals surface area contributed by atoms with E-state index in [1.165, 1.54) is 6.42 Å². The quantitative estimate of drug-likeness (QED) is 0.814. The van der Waals surface area contributed by atoms with Gasteiger partial charge in [-0.05, 0) is 45.4 Å². The predicted molar refractivity (Wildman–Crippen MR) is 61.4 cm³/mol. The van der Waals surface area contributed by atoms with Gasteiger partial charge in [-0.3, -0.25) is 4.79 Å². The summed E-state index contributed by atoms with van der Waals surface area (Å²) in [6.45, 7) is 5.64. The van der Waals surface area contributed by atoms with Crippen molar-refractivity contribution in [2.24, 2.45) is 0 Å². The molecule has 0 spiro atoms. The molecule has 0 aromatic carbocycles. The molecule has 88 valence electrons. The molecule has 1 aliphatic rings. The maximum absolute atomic E-state index is 11.7. The van der Waals surface area contributed by atoms with Crippen molar-refractivity contribution in [3.63, 3.8) is 0 Å². The SMILES string of the molecule is Cc1ccc(C(=O)NCC2(C)CCCN2)o1. The zero-order chi connectivity index (χ0) is 11.6. The summed E-state index contributed by atoms with van der Waals surface area (Å²) >= 11 is 0. The van der Waals surface area contributed by atoms with Gasteiger partial charge in [-0.2, -0.15) is 0 Å². The number of carbonyl (C=O) groups excluding carboxylic acids is 1. The number of rotatable bonds is 3. The summed E-state index contributed by atoms with van der Waals surface area (Å²) in [6.07, 6.45) is 2.27. The maximum atomic E-state index is 11.7. The highest BCUT2D eigenvalue weighted by atomic mass is 16.3. The van der Waals surface area contributed by atoms with Gasteiger partial charge in [0.05, 0.1) is 0 Å². The molecule has 0 radical (unpaired) electrons. The van der Waals surface area contributed by atoms with Crippen molar-refractivity contribution in [3.8, 4) is 0 Å². The Kier molecular flexibility index (Phi) is 3.01. The zero-order valence-corrected chi connectivity index (χ0v) is 9.80. The zero-order valence-electron chi connectivity index (χ0n) is 9.80. The van der Waals surface area contributed by atoms with Crippen molar-refractivity contribution in [1.29, 1.82) is 0 Å². The summed E-state index contributed by atoms with van der Waals surface area (Å²) in [4.78, 5) is 11.7. The van der Waals surface area contributed by atoms with Crippen LogP contribution in [0.1, 0.15) is 36.1 Å². The van der Waals surface area contributed by atoms with Crippen LogP contribution in [0.25, 0.3) is 0 Å². The highest BCUT2D eigenvalue weighted by Gasteiger charge is 2.28. The van der Waals surface area contributed by atoms with Crippen LogP contribution in [-0.4, -0.2) is 24.5 Å². The molecule has 1 unspecified atom stereocenters. The average Bonchev–Trinajstić information content (AvgIpc) is 2.85. The second-order valence-corrected chi connectivity index (χ2v) is 4.68. The van der Waals surface area contributed by atoms with Crippen LogP contribution in [0.5, 0.6) is 0 Å². The number of furan rings is 1. The first-order valence-electron chi connectivity index (χ1n) is 5.69. The lowest BCUT2D eigenvalue weighted by Crippen LogP contribution is -2.47. The number of hydrogen-bond donors (Lipinski definition) is 2. The van der Waals surface area contributed by atoms with Crippen molar-refractivity contribution in [3.05, 3.63) is 23.7 Å². The normalized spacial score (nSPS) is 24.6. The standard InChI is InChI=1S/C12H18N2O2/c1-9-4-5-10(16-9)11(15)13-8-12(2)6-3-7-14-12/h4-5,14H,3,6-8H2,1-2H3,(H,13,15). The number of aryl methyl sites for hydroxylation is 1. The van der Waals surface area contributed by atoms with Gasteiger partial charge >= 0.3 is 0 Å². The molecular formula is C12H18N2O2. The molecule has 1 saturated heterocycles. The lowest BCUT2D eigenvalue weighted by Gasteiger charge is -2.24. The Hall–Kier alpha value is -1.29. The van der Waals surface area contributed by atoms with Gasteiger partial charge < -0.3 is 15.1 Å². The van der Waals surface area contributed by atoms with Crippen molar-refractivity contribution < 1.29 is 9.21 Å². The topological polar surface area (TPSA) is 54.3 Å². The minimum atomic E-state index is -0.136.